The second kappa shape index (κ2) is 6.21. The number of fused-ring (bicyclic) bond motifs is 3. The molecule has 3 heterocycles. The zero-order valence-corrected chi connectivity index (χ0v) is 16.0. The maximum atomic E-state index is 13.1. The van der Waals surface area contributed by atoms with Gasteiger partial charge in [0, 0.05) is 36.1 Å². The van der Waals surface area contributed by atoms with E-state index in [1.54, 1.807) is 26.0 Å². The summed E-state index contributed by atoms with van der Waals surface area (Å²) >= 11 is 0. The minimum Gasteiger partial charge on any atom is -0.465 e. The average Bonchev–Trinajstić information content (AvgIpc) is 3.19. The van der Waals surface area contributed by atoms with Crippen molar-refractivity contribution in [1.82, 2.24) is 14.4 Å². The Morgan fingerprint density at radius 3 is 2.78 bits per heavy atom. The lowest BCUT2D eigenvalue weighted by Gasteiger charge is -2.26. The van der Waals surface area contributed by atoms with Crippen molar-refractivity contribution >= 4 is 26.9 Å². The number of aryl methyl sites for hydroxylation is 2. The number of benzene rings is 1. The van der Waals surface area contributed by atoms with Gasteiger partial charge in [-0.05, 0) is 37.6 Å². The van der Waals surface area contributed by atoms with E-state index in [1.165, 1.54) is 11.4 Å². The second-order valence-electron chi connectivity index (χ2n) is 6.58. The highest BCUT2D eigenvalue weighted by Crippen LogP contribution is 2.32. The number of hydrogen-bond acceptors (Lipinski definition) is 6. The molecule has 0 unspecified atom stereocenters. The molecule has 1 aromatic carbocycles. The number of nitrogens with zero attached hydrogens (tertiary/aromatic N) is 2. The Balaban J connectivity index is 1.77. The molecule has 0 saturated heterocycles. The molecule has 0 saturated carbocycles. The fourth-order valence-electron chi connectivity index (χ4n) is 3.61. The molecular formula is C18H19N3O5S. The average molecular weight is 389 g/mol. The van der Waals surface area contributed by atoms with Crippen molar-refractivity contribution in [1.29, 1.82) is 0 Å². The normalized spacial score (nSPS) is 15.1. The Morgan fingerprint density at radius 1 is 1.33 bits per heavy atom. The molecule has 8 nitrogen and oxygen atoms in total. The summed E-state index contributed by atoms with van der Waals surface area (Å²) in [6.45, 7) is 3.78. The Hall–Kier alpha value is -2.65. The van der Waals surface area contributed by atoms with Gasteiger partial charge in [-0.2, -0.15) is 4.31 Å². The molecule has 0 aliphatic carbocycles. The van der Waals surface area contributed by atoms with Crippen LogP contribution < -0.4 is 0 Å². The molecule has 0 amide bonds. The van der Waals surface area contributed by atoms with Gasteiger partial charge in [-0.15, -0.1) is 0 Å². The number of aromatic nitrogens is 2. The van der Waals surface area contributed by atoms with Gasteiger partial charge in [0.05, 0.1) is 12.7 Å². The predicted molar refractivity (Wildman–Crippen MR) is 96.9 cm³/mol. The third kappa shape index (κ3) is 2.74. The fourth-order valence-corrected chi connectivity index (χ4v) is 5.31. The maximum absolute atomic E-state index is 13.1. The molecule has 1 aliphatic heterocycles. The van der Waals surface area contributed by atoms with E-state index >= 15 is 0 Å². The zero-order valence-electron chi connectivity index (χ0n) is 15.2. The lowest BCUT2D eigenvalue weighted by atomic mass is 10.0. The Labute approximate surface area is 156 Å². The summed E-state index contributed by atoms with van der Waals surface area (Å²) < 4.78 is 37.5. The summed E-state index contributed by atoms with van der Waals surface area (Å²) in [5.74, 6) is -0.145. The van der Waals surface area contributed by atoms with Gasteiger partial charge in [0.25, 0.3) is 0 Å². The first-order chi connectivity index (χ1) is 12.8. The number of H-pyrrole nitrogens is 1. The zero-order chi connectivity index (χ0) is 19.3. The van der Waals surface area contributed by atoms with E-state index in [4.69, 9.17) is 9.26 Å². The van der Waals surface area contributed by atoms with Crippen molar-refractivity contribution in [3.63, 3.8) is 0 Å². The number of rotatable bonds is 3. The van der Waals surface area contributed by atoms with Gasteiger partial charge in [-0.3, -0.25) is 0 Å². The van der Waals surface area contributed by atoms with Crippen LogP contribution in [0.5, 0.6) is 0 Å². The van der Waals surface area contributed by atoms with Crippen molar-refractivity contribution in [2.24, 2.45) is 0 Å². The Morgan fingerprint density at radius 2 is 2.11 bits per heavy atom. The first-order valence-electron chi connectivity index (χ1n) is 8.47. The predicted octanol–water partition coefficient (Wildman–Crippen LogP) is 2.31. The highest BCUT2D eigenvalue weighted by atomic mass is 32.2. The van der Waals surface area contributed by atoms with Gasteiger partial charge in [0.15, 0.2) is 5.76 Å². The molecule has 9 heteroatoms. The van der Waals surface area contributed by atoms with Crippen molar-refractivity contribution in [3.05, 3.63) is 46.5 Å². The number of aromatic amines is 1. The number of esters is 1. The first kappa shape index (κ1) is 17.7. The highest BCUT2D eigenvalue weighted by Gasteiger charge is 2.34. The van der Waals surface area contributed by atoms with Crippen LogP contribution in [-0.4, -0.2) is 42.5 Å². The van der Waals surface area contributed by atoms with Crippen molar-refractivity contribution in [2.45, 2.75) is 31.7 Å². The summed E-state index contributed by atoms with van der Waals surface area (Å²) in [5, 5.41) is 4.59. The van der Waals surface area contributed by atoms with E-state index in [1.807, 2.05) is 6.07 Å². The van der Waals surface area contributed by atoms with Crippen LogP contribution >= 0.6 is 0 Å². The molecule has 0 radical (unpaired) electrons. The Bertz CT molecular complexity index is 1140. The van der Waals surface area contributed by atoms with Crippen LogP contribution in [0, 0.1) is 13.8 Å². The molecule has 0 fully saturated rings. The van der Waals surface area contributed by atoms with Crippen LogP contribution in [0.4, 0.5) is 0 Å². The maximum Gasteiger partial charge on any atom is 0.337 e. The molecule has 0 spiro atoms. The number of hydrogen-bond donors (Lipinski definition) is 1. The summed E-state index contributed by atoms with van der Waals surface area (Å²) in [7, 11) is -2.40. The molecular weight excluding hydrogens is 370 g/mol. The molecule has 0 atom stereocenters. The van der Waals surface area contributed by atoms with Gasteiger partial charge in [-0.25, -0.2) is 13.2 Å². The second-order valence-corrected chi connectivity index (χ2v) is 8.45. The molecule has 1 aliphatic rings. The van der Waals surface area contributed by atoms with E-state index < -0.39 is 16.0 Å². The largest absolute Gasteiger partial charge is 0.465 e. The topological polar surface area (TPSA) is 106 Å². The van der Waals surface area contributed by atoms with Crippen LogP contribution in [0.15, 0.2) is 27.6 Å². The molecule has 1 N–H and O–H groups in total. The number of carbonyl (C=O) groups excluding carboxylic acids is 1. The number of nitrogens with one attached hydrogen (secondary N) is 1. The summed E-state index contributed by atoms with van der Waals surface area (Å²) in [4.78, 5) is 15.3. The quantitative estimate of drug-likeness (QED) is 0.689. The van der Waals surface area contributed by atoms with Crippen molar-refractivity contribution < 1.29 is 22.5 Å². The number of carbonyl (C=O) groups is 1. The molecule has 0 bridgehead atoms. The summed E-state index contributed by atoms with van der Waals surface area (Å²) in [6, 6.07) is 5.24. The van der Waals surface area contributed by atoms with E-state index in [-0.39, 0.29) is 17.2 Å². The van der Waals surface area contributed by atoms with Gasteiger partial charge < -0.3 is 14.2 Å². The third-order valence-corrected chi connectivity index (χ3v) is 7.02. The first-order valence-corrected chi connectivity index (χ1v) is 9.91. The van der Waals surface area contributed by atoms with Gasteiger partial charge in [0.2, 0.25) is 10.0 Å². The summed E-state index contributed by atoms with van der Waals surface area (Å²) in [5.41, 5.74) is 3.50. The highest BCUT2D eigenvalue weighted by molar-refractivity contribution is 7.89. The smallest absolute Gasteiger partial charge is 0.337 e. The van der Waals surface area contributed by atoms with Crippen molar-refractivity contribution in [3.8, 4) is 0 Å². The number of sulfonamides is 1. The molecule has 2 aromatic heterocycles. The van der Waals surface area contributed by atoms with Crippen LogP contribution in [0.25, 0.3) is 10.9 Å². The van der Waals surface area contributed by atoms with Crippen LogP contribution in [0.2, 0.25) is 0 Å². The number of methoxy groups -OCH3 is 1. The van der Waals surface area contributed by atoms with Gasteiger partial charge in [0.1, 0.15) is 10.6 Å². The summed E-state index contributed by atoms with van der Waals surface area (Å²) in [6.07, 6.45) is 0.556. The molecule has 142 valence electrons. The van der Waals surface area contributed by atoms with Gasteiger partial charge >= 0.3 is 5.97 Å². The monoisotopic (exact) mass is 389 g/mol. The van der Waals surface area contributed by atoms with E-state index in [0.717, 1.165) is 22.2 Å². The molecule has 4 rings (SSSR count). The van der Waals surface area contributed by atoms with Crippen molar-refractivity contribution in [2.75, 3.05) is 13.7 Å². The Kier molecular flexibility index (Phi) is 4.08. The standard InChI is InChI=1S/C18H19N3O5S/c1-10-17(11(2)26-20-10)27(23,24)21-7-6-16-14(9-21)13-8-12(18(22)25-3)4-5-15(13)19-16/h4-5,8,19H,6-7,9H2,1-3H3. The minimum absolute atomic E-state index is 0.126. The van der Waals surface area contributed by atoms with Crippen LogP contribution in [0.1, 0.15) is 33.1 Å². The van der Waals surface area contributed by atoms with E-state index in [9.17, 15) is 13.2 Å². The van der Waals surface area contributed by atoms with Gasteiger partial charge in [-0.1, -0.05) is 5.16 Å². The lowest BCUT2D eigenvalue weighted by molar-refractivity contribution is 0.0601. The lowest BCUT2D eigenvalue weighted by Crippen LogP contribution is -2.36. The third-order valence-electron chi connectivity index (χ3n) is 4.93. The molecule has 27 heavy (non-hydrogen) atoms. The minimum atomic E-state index is -3.73. The van der Waals surface area contributed by atoms with Crippen LogP contribution in [0.3, 0.4) is 0 Å². The van der Waals surface area contributed by atoms with Crippen LogP contribution in [-0.2, 0) is 27.7 Å². The number of ether oxygens (including phenoxy) is 1. The molecule has 3 aromatic rings. The SMILES string of the molecule is COC(=O)c1ccc2[nH]c3c(c2c1)CN(S(=O)(=O)c1c(C)noc1C)CC3. The van der Waals surface area contributed by atoms with E-state index in [0.29, 0.717) is 24.2 Å². The fraction of sp³-hybridized carbons (Fsp3) is 0.333. The van der Waals surface area contributed by atoms with E-state index in [2.05, 4.69) is 10.1 Å².